The molecule has 8 heteroatoms. The smallest absolute Gasteiger partial charge is 0.243 e. The average Bonchev–Trinajstić information content (AvgIpc) is 3.23. The Hall–Kier alpha value is -2.42. The van der Waals surface area contributed by atoms with Crippen LogP contribution in [0, 0.1) is 0 Å². The molecular formula is C25H31N3O3S2. The molecule has 2 aromatic carbocycles. The molecule has 0 N–H and O–H groups in total. The van der Waals surface area contributed by atoms with Crippen LogP contribution in [-0.2, 0) is 16.6 Å². The van der Waals surface area contributed by atoms with Crippen molar-refractivity contribution in [3.8, 4) is 17.0 Å². The van der Waals surface area contributed by atoms with E-state index in [1.54, 1.807) is 27.8 Å². The van der Waals surface area contributed by atoms with E-state index >= 15 is 0 Å². The summed E-state index contributed by atoms with van der Waals surface area (Å²) in [4.78, 5) is 6.13. The minimum atomic E-state index is -3.42. The van der Waals surface area contributed by atoms with E-state index in [4.69, 9.17) is 9.73 Å². The van der Waals surface area contributed by atoms with Gasteiger partial charge in [-0.1, -0.05) is 25.5 Å². The van der Waals surface area contributed by atoms with E-state index in [9.17, 15) is 8.42 Å². The first-order valence-corrected chi connectivity index (χ1v) is 13.9. The van der Waals surface area contributed by atoms with Gasteiger partial charge in [0.2, 0.25) is 10.0 Å². The fourth-order valence-electron chi connectivity index (χ4n) is 4.04. The predicted molar refractivity (Wildman–Crippen MR) is 133 cm³/mol. The fourth-order valence-corrected chi connectivity index (χ4v) is 6.51. The lowest BCUT2D eigenvalue weighted by Crippen LogP contribution is -2.35. The van der Waals surface area contributed by atoms with Crippen LogP contribution < -0.4 is 9.54 Å². The zero-order valence-corrected chi connectivity index (χ0v) is 20.9. The van der Waals surface area contributed by atoms with Crippen molar-refractivity contribution in [3.63, 3.8) is 0 Å². The van der Waals surface area contributed by atoms with E-state index in [0.717, 1.165) is 59.7 Å². The van der Waals surface area contributed by atoms with Gasteiger partial charge in [0.05, 0.1) is 22.9 Å². The Labute approximate surface area is 200 Å². The normalized spacial score (nSPS) is 15.6. The number of ether oxygens (including phenoxy) is 1. The third-order valence-corrected chi connectivity index (χ3v) is 8.50. The van der Waals surface area contributed by atoms with Crippen LogP contribution in [0.15, 0.2) is 63.8 Å². The van der Waals surface area contributed by atoms with E-state index < -0.39 is 10.0 Å². The van der Waals surface area contributed by atoms with Crippen molar-refractivity contribution in [1.29, 1.82) is 0 Å². The van der Waals surface area contributed by atoms with Gasteiger partial charge in [-0.05, 0) is 68.1 Å². The Morgan fingerprint density at radius 2 is 1.67 bits per heavy atom. The molecule has 1 aliphatic rings. The second-order valence-corrected chi connectivity index (χ2v) is 10.9. The summed E-state index contributed by atoms with van der Waals surface area (Å²) >= 11 is 1.59. The summed E-state index contributed by atoms with van der Waals surface area (Å²) < 4.78 is 35.3. The topological polar surface area (TPSA) is 63.9 Å². The third kappa shape index (κ3) is 5.39. The molecule has 176 valence electrons. The van der Waals surface area contributed by atoms with Crippen LogP contribution >= 0.6 is 11.3 Å². The standard InChI is InChI=1S/C25H31N3O3S2/c1-3-16-28-24(19-32-25(28)26-21-10-12-22(13-11-21)31-4-2)20-8-14-23(15-9-20)33(29,30)27-17-6-5-7-18-27/h8-15,19H,3-7,16-18H2,1-2H3. The number of thiazole rings is 1. The molecule has 1 aliphatic heterocycles. The number of nitrogens with zero attached hydrogens (tertiary/aromatic N) is 3. The molecular weight excluding hydrogens is 454 g/mol. The maximum Gasteiger partial charge on any atom is 0.243 e. The number of aromatic nitrogens is 1. The second kappa shape index (κ2) is 10.7. The SMILES string of the molecule is CCCn1c(-c2ccc(S(=O)(=O)N3CCCCC3)cc2)csc1=Nc1ccc(OCC)cc1. The number of sulfonamides is 1. The Balaban J connectivity index is 1.63. The van der Waals surface area contributed by atoms with Crippen LogP contribution in [0.4, 0.5) is 5.69 Å². The Bertz CT molecular complexity index is 1220. The Morgan fingerprint density at radius 3 is 2.30 bits per heavy atom. The molecule has 0 unspecified atom stereocenters. The molecule has 0 atom stereocenters. The van der Waals surface area contributed by atoms with Gasteiger partial charge in [-0.3, -0.25) is 0 Å². The van der Waals surface area contributed by atoms with Crippen LogP contribution in [0.1, 0.15) is 39.5 Å². The van der Waals surface area contributed by atoms with Gasteiger partial charge in [0, 0.05) is 25.0 Å². The van der Waals surface area contributed by atoms with Gasteiger partial charge in [-0.25, -0.2) is 13.4 Å². The molecule has 0 aliphatic carbocycles. The number of hydrogen-bond donors (Lipinski definition) is 0. The van der Waals surface area contributed by atoms with Crippen molar-refractivity contribution in [3.05, 3.63) is 58.7 Å². The van der Waals surface area contributed by atoms with Crippen molar-refractivity contribution >= 4 is 27.0 Å². The monoisotopic (exact) mass is 485 g/mol. The molecule has 1 fully saturated rings. The van der Waals surface area contributed by atoms with E-state index in [2.05, 4.69) is 16.9 Å². The largest absolute Gasteiger partial charge is 0.494 e. The van der Waals surface area contributed by atoms with Crippen molar-refractivity contribution < 1.29 is 13.2 Å². The Kier molecular flexibility index (Phi) is 7.67. The van der Waals surface area contributed by atoms with Crippen molar-refractivity contribution in [2.75, 3.05) is 19.7 Å². The lowest BCUT2D eigenvalue weighted by molar-refractivity contribution is 0.340. The van der Waals surface area contributed by atoms with Gasteiger partial charge in [0.25, 0.3) is 0 Å². The summed E-state index contributed by atoms with van der Waals surface area (Å²) in [5.41, 5.74) is 2.92. The lowest BCUT2D eigenvalue weighted by atomic mass is 10.2. The first kappa shape index (κ1) is 23.7. The summed E-state index contributed by atoms with van der Waals surface area (Å²) in [6.45, 7) is 6.81. The van der Waals surface area contributed by atoms with Gasteiger partial charge in [-0.15, -0.1) is 11.3 Å². The lowest BCUT2D eigenvalue weighted by Gasteiger charge is -2.25. The first-order chi connectivity index (χ1) is 16.0. The molecule has 3 aromatic rings. The van der Waals surface area contributed by atoms with Crippen LogP contribution in [-0.4, -0.2) is 37.0 Å². The zero-order chi connectivity index (χ0) is 23.3. The van der Waals surface area contributed by atoms with Gasteiger partial charge in [0.1, 0.15) is 5.75 Å². The van der Waals surface area contributed by atoms with Gasteiger partial charge in [-0.2, -0.15) is 4.31 Å². The number of rotatable bonds is 8. The third-order valence-electron chi connectivity index (χ3n) is 5.72. The highest BCUT2D eigenvalue weighted by Gasteiger charge is 2.25. The van der Waals surface area contributed by atoms with Crippen LogP contribution in [0.5, 0.6) is 5.75 Å². The molecule has 0 spiro atoms. The first-order valence-electron chi connectivity index (χ1n) is 11.6. The highest BCUT2D eigenvalue weighted by Crippen LogP contribution is 2.26. The molecule has 0 amide bonds. The van der Waals surface area contributed by atoms with Gasteiger partial charge >= 0.3 is 0 Å². The predicted octanol–water partition coefficient (Wildman–Crippen LogP) is 5.43. The summed E-state index contributed by atoms with van der Waals surface area (Å²) in [6, 6.07) is 15.1. The molecule has 1 saturated heterocycles. The molecule has 6 nitrogen and oxygen atoms in total. The second-order valence-electron chi connectivity index (χ2n) is 8.08. The minimum Gasteiger partial charge on any atom is -0.494 e. The highest BCUT2D eigenvalue weighted by atomic mass is 32.2. The molecule has 0 saturated carbocycles. The van der Waals surface area contributed by atoms with E-state index in [1.165, 1.54) is 0 Å². The zero-order valence-electron chi connectivity index (χ0n) is 19.2. The summed E-state index contributed by atoms with van der Waals surface area (Å²) in [5, 5.41) is 2.09. The highest BCUT2D eigenvalue weighted by molar-refractivity contribution is 7.89. The van der Waals surface area contributed by atoms with E-state index in [1.807, 2.05) is 43.3 Å². The number of piperidine rings is 1. The van der Waals surface area contributed by atoms with E-state index in [0.29, 0.717) is 24.6 Å². The molecule has 4 rings (SSSR count). The van der Waals surface area contributed by atoms with Gasteiger partial charge < -0.3 is 9.30 Å². The van der Waals surface area contributed by atoms with Crippen molar-refractivity contribution in [1.82, 2.24) is 8.87 Å². The molecule has 0 radical (unpaired) electrons. The molecule has 2 heterocycles. The number of hydrogen-bond acceptors (Lipinski definition) is 5. The van der Waals surface area contributed by atoms with Crippen LogP contribution in [0.2, 0.25) is 0 Å². The fraction of sp³-hybridized carbons (Fsp3) is 0.400. The number of benzene rings is 2. The maximum atomic E-state index is 13.0. The molecule has 0 bridgehead atoms. The van der Waals surface area contributed by atoms with Crippen LogP contribution in [0.3, 0.4) is 0 Å². The van der Waals surface area contributed by atoms with Crippen LogP contribution in [0.25, 0.3) is 11.3 Å². The molecule has 1 aromatic heterocycles. The van der Waals surface area contributed by atoms with Crippen molar-refractivity contribution in [2.24, 2.45) is 4.99 Å². The quantitative estimate of drug-likeness (QED) is 0.427. The van der Waals surface area contributed by atoms with E-state index in [-0.39, 0.29) is 0 Å². The van der Waals surface area contributed by atoms with Gasteiger partial charge in [0.15, 0.2) is 4.80 Å². The van der Waals surface area contributed by atoms with Crippen molar-refractivity contribution in [2.45, 2.75) is 51.0 Å². The Morgan fingerprint density at radius 1 is 0.970 bits per heavy atom. The average molecular weight is 486 g/mol. The summed E-state index contributed by atoms with van der Waals surface area (Å²) in [7, 11) is -3.42. The summed E-state index contributed by atoms with van der Waals surface area (Å²) in [5.74, 6) is 0.837. The molecule has 33 heavy (non-hydrogen) atoms. The minimum absolute atomic E-state index is 0.365. The maximum absolute atomic E-state index is 13.0. The summed E-state index contributed by atoms with van der Waals surface area (Å²) in [6.07, 6.45) is 3.94.